The van der Waals surface area contributed by atoms with E-state index in [0.717, 1.165) is 11.5 Å². The highest BCUT2D eigenvalue weighted by atomic mass is 16.4. The van der Waals surface area contributed by atoms with Gasteiger partial charge in [0.1, 0.15) is 0 Å². The normalized spacial score (nSPS) is 10.8. The zero-order valence-electron chi connectivity index (χ0n) is 10.2. The first kappa shape index (κ1) is 12.1. The number of nitrogens with zero attached hydrogens (tertiary/aromatic N) is 1. The van der Waals surface area contributed by atoms with Gasteiger partial charge < -0.3 is 10.2 Å². The van der Waals surface area contributed by atoms with Crippen molar-refractivity contribution in [3.63, 3.8) is 0 Å². The third-order valence-corrected chi connectivity index (χ3v) is 3.10. The number of aromatic carboxylic acids is 2. The summed E-state index contributed by atoms with van der Waals surface area (Å²) in [6.07, 6.45) is 0. The Bertz CT molecular complexity index is 870. The fourth-order valence-electron chi connectivity index (χ4n) is 2.18. The quantitative estimate of drug-likeness (QED) is 0.697. The summed E-state index contributed by atoms with van der Waals surface area (Å²) in [7, 11) is 0. The van der Waals surface area contributed by atoms with Crippen LogP contribution in [0, 0.1) is 0 Å². The maximum atomic E-state index is 11.3. The van der Waals surface area contributed by atoms with E-state index in [1.54, 1.807) is 12.1 Å². The van der Waals surface area contributed by atoms with Gasteiger partial charge in [-0.1, -0.05) is 18.2 Å². The first-order chi connectivity index (χ1) is 9.56. The Balaban J connectivity index is 2.46. The van der Waals surface area contributed by atoms with Crippen molar-refractivity contribution in [2.45, 2.75) is 0 Å². The number of carboxylic acid groups (broad SMARTS) is 2. The van der Waals surface area contributed by atoms with Gasteiger partial charge in [-0.15, -0.1) is 0 Å². The first-order valence-electron chi connectivity index (χ1n) is 5.86. The molecule has 0 bridgehead atoms. The largest absolute Gasteiger partial charge is 0.478 e. The van der Waals surface area contributed by atoms with E-state index in [4.69, 9.17) is 5.11 Å². The van der Waals surface area contributed by atoms with Crippen molar-refractivity contribution in [2.75, 3.05) is 0 Å². The number of hydrogen-bond donors (Lipinski definition) is 2. The van der Waals surface area contributed by atoms with Crippen molar-refractivity contribution in [3.05, 3.63) is 53.6 Å². The van der Waals surface area contributed by atoms with Gasteiger partial charge in [0.05, 0.1) is 22.2 Å². The minimum atomic E-state index is -1.19. The highest BCUT2D eigenvalue weighted by molar-refractivity contribution is 6.08. The van der Waals surface area contributed by atoms with E-state index in [0.29, 0.717) is 16.4 Å². The summed E-state index contributed by atoms with van der Waals surface area (Å²) in [4.78, 5) is 26.7. The minimum absolute atomic E-state index is 0.0630. The number of benzene rings is 2. The van der Waals surface area contributed by atoms with Crippen molar-refractivity contribution in [1.82, 2.24) is 4.98 Å². The van der Waals surface area contributed by atoms with E-state index in [1.807, 2.05) is 18.2 Å². The highest BCUT2D eigenvalue weighted by Crippen LogP contribution is 2.24. The number of pyridine rings is 1. The van der Waals surface area contributed by atoms with Crippen LogP contribution in [-0.2, 0) is 0 Å². The zero-order valence-corrected chi connectivity index (χ0v) is 10.2. The van der Waals surface area contributed by atoms with Gasteiger partial charge in [0, 0.05) is 10.8 Å². The van der Waals surface area contributed by atoms with E-state index in [9.17, 15) is 14.7 Å². The molecule has 0 amide bonds. The van der Waals surface area contributed by atoms with Gasteiger partial charge >= 0.3 is 11.9 Å². The smallest absolute Gasteiger partial charge is 0.337 e. The summed E-state index contributed by atoms with van der Waals surface area (Å²) in [6.45, 7) is 0. The molecule has 0 aliphatic carbocycles. The summed E-state index contributed by atoms with van der Waals surface area (Å²) < 4.78 is 0. The number of carboxylic acids is 2. The van der Waals surface area contributed by atoms with Crippen LogP contribution >= 0.6 is 0 Å². The van der Waals surface area contributed by atoms with Gasteiger partial charge in [0.25, 0.3) is 0 Å². The monoisotopic (exact) mass is 267 g/mol. The second kappa shape index (κ2) is 4.31. The molecule has 98 valence electrons. The molecular weight excluding hydrogens is 258 g/mol. The van der Waals surface area contributed by atoms with E-state index in [1.165, 1.54) is 6.07 Å². The summed E-state index contributed by atoms with van der Waals surface area (Å²) in [6, 6.07) is 11.6. The second-order valence-corrected chi connectivity index (χ2v) is 4.39. The van der Waals surface area contributed by atoms with Gasteiger partial charge in [-0.25, -0.2) is 14.6 Å². The molecule has 0 spiro atoms. The molecule has 0 aliphatic heterocycles. The van der Waals surface area contributed by atoms with Crippen LogP contribution in [0.3, 0.4) is 0 Å². The van der Waals surface area contributed by atoms with Crippen LogP contribution in [0.5, 0.6) is 0 Å². The maximum absolute atomic E-state index is 11.3. The first-order valence-corrected chi connectivity index (χ1v) is 5.86. The molecule has 2 N–H and O–H groups in total. The molecule has 3 rings (SSSR count). The SMILES string of the molecule is O=C(O)c1cc(C(=O)O)c2nc3ccccc3cc2c1. The molecule has 5 heteroatoms. The van der Waals surface area contributed by atoms with Crippen LogP contribution in [0.2, 0.25) is 0 Å². The summed E-state index contributed by atoms with van der Waals surface area (Å²) in [5.74, 6) is -2.36. The lowest BCUT2D eigenvalue weighted by Gasteiger charge is -2.06. The number of fused-ring (bicyclic) bond motifs is 2. The molecule has 3 aromatic rings. The summed E-state index contributed by atoms with van der Waals surface area (Å²) in [5, 5.41) is 19.6. The number of aromatic nitrogens is 1. The van der Waals surface area contributed by atoms with Crippen LogP contribution in [0.1, 0.15) is 20.7 Å². The summed E-state index contributed by atoms with van der Waals surface area (Å²) in [5.41, 5.74) is 0.796. The average Bonchev–Trinajstić information content (AvgIpc) is 2.43. The molecular formula is C15H9NO4. The van der Waals surface area contributed by atoms with Gasteiger partial charge in [-0.05, 0) is 24.3 Å². The van der Waals surface area contributed by atoms with Crippen molar-refractivity contribution < 1.29 is 19.8 Å². The minimum Gasteiger partial charge on any atom is -0.478 e. The molecule has 0 atom stereocenters. The molecule has 1 heterocycles. The fourth-order valence-corrected chi connectivity index (χ4v) is 2.18. The molecule has 0 unspecified atom stereocenters. The molecule has 0 aliphatic rings. The van der Waals surface area contributed by atoms with Crippen molar-refractivity contribution in [1.29, 1.82) is 0 Å². The number of hydrogen-bond acceptors (Lipinski definition) is 3. The van der Waals surface area contributed by atoms with Crippen LogP contribution in [-0.4, -0.2) is 27.1 Å². The summed E-state index contributed by atoms with van der Waals surface area (Å²) >= 11 is 0. The van der Waals surface area contributed by atoms with Gasteiger partial charge in [0.2, 0.25) is 0 Å². The van der Waals surface area contributed by atoms with E-state index in [2.05, 4.69) is 4.98 Å². The molecule has 2 aromatic carbocycles. The molecule has 0 saturated carbocycles. The lowest BCUT2D eigenvalue weighted by atomic mass is 10.0. The topological polar surface area (TPSA) is 87.5 Å². The van der Waals surface area contributed by atoms with Crippen LogP contribution in [0.15, 0.2) is 42.5 Å². The fraction of sp³-hybridized carbons (Fsp3) is 0. The number of para-hydroxylation sites is 1. The van der Waals surface area contributed by atoms with Crippen molar-refractivity contribution >= 4 is 33.7 Å². The van der Waals surface area contributed by atoms with Gasteiger partial charge in [0.15, 0.2) is 0 Å². The van der Waals surface area contributed by atoms with Crippen LogP contribution in [0.25, 0.3) is 21.8 Å². The molecule has 5 nitrogen and oxygen atoms in total. The second-order valence-electron chi connectivity index (χ2n) is 4.39. The molecule has 0 saturated heterocycles. The van der Waals surface area contributed by atoms with Gasteiger partial charge in [-0.3, -0.25) is 0 Å². The predicted molar refractivity (Wildman–Crippen MR) is 73.2 cm³/mol. The van der Waals surface area contributed by atoms with Crippen molar-refractivity contribution in [3.8, 4) is 0 Å². The number of rotatable bonds is 2. The van der Waals surface area contributed by atoms with Crippen LogP contribution in [0.4, 0.5) is 0 Å². The lowest BCUT2D eigenvalue weighted by molar-refractivity contribution is 0.0696. The van der Waals surface area contributed by atoms with Crippen LogP contribution < -0.4 is 0 Å². The third-order valence-electron chi connectivity index (χ3n) is 3.10. The third kappa shape index (κ3) is 1.85. The Labute approximate surface area is 113 Å². The lowest BCUT2D eigenvalue weighted by Crippen LogP contribution is -2.04. The zero-order chi connectivity index (χ0) is 14.3. The van der Waals surface area contributed by atoms with E-state index >= 15 is 0 Å². The van der Waals surface area contributed by atoms with Gasteiger partial charge in [-0.2, -0.15) is 0 Å². The number of carbonyl (C=O) groups is 2. The average molecular weight is 267 g/mol. The van der Waals surface area contributed by atoms with E-state index < -0.39 is 11.9 Å². The highest BCUT2D eigenvalue weighted by Gasteiger charge is 2.15. The van der Waals surface area contributed by atoms with Crippen molar-refractivity contribution in [2.24, 2.45) is 0 Å². The Morgan fingerprint density at radius 3 is 2.35 bits per heavy atom. The Morgan fingerprint density at radius 1 is 0.900 bits per heavy atom. The maximum Gasteiger partial charge on any atom is 0.337 e. The Kier molecular flexibility index (Phi) is 2.61. The molecule has 0 fully saturated rings. The molecule has 20 heavy (non-hydrogen) atoms. The van der Waals surface area contributed by atoms with E-state index in [-0.39, 0.29) is 11.1 Å². The molecule has 1 aromatic heterocycles. The Hall–Kier alpha value is -2.95. The molecule has 0 radical (unpaired) electrons. The predicted octanol–water partition coefficient (Wildman–Crippen LogP) is 2.78. The Morgan fingerprint density at radius 2 is 1.65 bits per heavy atom. The standard InChI is InChI=1S/C15H9NO4/c17-14(18)10-6-9-5-8-3-1-2-4-12(8)16-13(9)11(7-10)15(19)20/h1-7H,(H,17,18)(H,19,20).